The van der Waals surface area contributed by atoms with Crippen LogP contribution in [0.4, 0.5) is 0 Å². The summed E-state index contributed by atoms with van der Waals surface area (Å²) < 4.78 is 9.62. The summed E-state index contributed by atoms with van der Waals surface area (Å²) in [7, 11) is 0. The quantitative estimate of drug-likeness (QED) is 0.194. The van der Waals surface area contributed by atoms with Crippen molar-refractivity contribution in [2.75, 3.05) is 0 Å². The zero-order valence-corrected chi connectivity index (χ0v) is 25.4. The smallest absolute Gasteiger partial charge is 0.138 e. The molecule has 2 heterocycles. The van der Waals surface area contributed by atoms with Gasteiger partial charge in [0.2, 0.25) is 0 Å². The molecule has 0 aliphatic heterocycles. The molecule has 47 heavy (non-hydrogen) atoms. The summed E-state index contributed by atoms with van der Waals surface area (Å²) in [5.74, 6) is 0.143. The molecule has 2 heteroatoms. The maximum atomic E-state index is 7.24. The number of para-hydroxylation sites is 2. The molecule has 2 nitrogen and oxygen atoms in total. The van der Waals surface area contributed by atoms with Gasteiger partial charge in [0.25, 0.3) is 0 Å². The highest BCUT2D eigenvalue weighted by Crippen LogP contribution is 2.53. The molecule has 1 aliphatic rings. The van der Waals surface area contributed by atoms with Crippen LogP contribution in [0.3, 0.4) is 0 Å². The Hall–Kier alpha value is -6.12. The second-order valence-electron chi connectivity index (χ2n) is 12.8. The fraction of sp³-hybridized carbons (Fsp3) is 0.0222. The molecule has 0 fully saturated rings. The van der Waals surface area contributed by atoms with E-state index < -0.39 is 0 Å². The monoisotopic (exact) mass is 597 g/mol. The molecule has 10 aromatic rings. The van der Waals surface area contributed by atoms with Gasteiger partial charge in [0, 0.05) is 39.2 Å². The first kappa shape index (κ1) is 25.1. The van der Waals surface area contributed by atoms with Crippen molar-refractivity contribution in [1.29, 1.82) is 0 Å². The van der Waals surface area contributed by atoms with Crippen LogP contribution in [0.25, 0.3) is 82.1 Å². The van der Waals surface area contributed by atoms with E-state index >= 15 is 0 Å². The Balaban J connectivity index is 1.35. The Kier molecular flexibility index (Phi) is 4.92. The fourth-order valence-corrected chi connectivity index (χ4v) is 8.63. The molecule has 11 rings (SSSR count). The standard InChI is InChI=1S/C45H27NO/c1-3-13-27(14-4-1)41-29-17-7-8-18-30(29)42-34-22-11-20-31-32-21-12-23-35-43-33-19-9-10-24-37(33)46(28-15-5-2-6-16-28)38(43)26-40(45(32)35)47-39(44(31)34)25-36(41)42/h1-26,41H. The van der Waals surface area contributed by atoms with Gasteiger partial charge in [-0.3, -0.25) is 0 Å². The van der Waals surface area contributed by atoms with Crippen molar-refractivity contribution in [3.05, 3.63) is 174 Å². The lowest BCUT2D eigenvalue weighted by molar-refractivity contribution is 0.663. The van der Waals surface area contributed by atoms with Crippen molar-refractivity contribution < 1.29 is 4.42 Å². The number of hydrogen-bond donors (Lipinski definition) is 0. The van der Waals surface area contributed by atoms with E-state index in [1.807, 2.05) is 0 Å². The fourth-order valence-electron chi connectivity index (χ4n) is 8.63. The number of benzene rings is 8. The molecule has 218 valence electrons. The zero-order chi connectivity index (χ0) is 30.6. The van der Waals surface area contributed by atoms with Crippen LogP contribution in [0.15, 0.2) is 162 Å². The van der Waals surface area contributed by atoms with Gasteiger partial charge in [-0.05, 0) is 73.6 Å². The van der Waals surface area contributed by atoms with Gasteiger partial charge >= 0.3 is 0 Å². The van der Waals surface area contributed by atoms with Crippen molar-refractivity contribution in [3.8, 4) is 16.8 Å². The van der Waals surface area contributed by atoms with E-state index in [1.54, 1.807) is 0 Å². The van der Waals surface area contributed by atoms with E-state index in [-0.39, 0.29) is 5.92 Å². The van der Waals surface area contributed by atoms with Crippen LogP contribution >= 0.6 is 0 Å². The van der Waals surface area contributed by atoms with Gasteiger partial charge in [-0.2, -0.15) is 0 Å². The van der Waals surface area contributed by atoms with Gasteiger partial charge in [0.15, 0.2) is 0 Å². The number of hydrogen-bond acceptors (Lipinski definition) is 1. The molecule has 1 aliphatic carbocycles. The second kappa shape index (κ2) is 9.22. The first-order chi connectivity index (χ1) is 23.3. The van der Waals surface area contributed by atoms with Gasteiger partial charge in [-0.25, -0.2) is 0 Å². The van der Waals surface area contributed by atoms with Gasteiger partial charge in [-0.15, -0.1) is 0 Å². The number of rotatable bonds is 2. The predicted molar refractivity (Wildman–Crippen MR) is 196 cm³/mol. The van der Waals surface area contributed by atoms with Gasteiger partial charge < -0.3 is 8.98 Å². The SMILES string of the molecule is c1ccc(C2c3ccccc3-c3c2cc2oc4cc5c(c6cccc(c7cccc3c27)c46)c2ccccc2n5-c2ccccc2)cc1. The van der Waals surface area contributed by atoms with Crippen LogP contribution in [0.2, 0.25) is 0 Å². The summed E-state index contributed by atoms with van der Waals surface area (Å²) in [6.45, 7) is 0. The molecule has 1 unspecified atom stereocenters. The summed E-state index contributed by atoms with van der Waals surface area (Å²) in [6, 6.07) is 57.4. The van der Waals surface area contributed by atoms with Crippen LogP contribution < -0.4 is 0 Å². The van der Waals surface area contributed by atoms with Crippen molar-refractivity contribution in [1.82, 2.24) is 4.57 Å². The zero-order valence-electron chi connectivity index (χ0n) is 25.4. The van der Waals surface area contributed by atoms with Crippen molar-refractivity contribution in [2.45, 2.75) is 5.92 Å². The summed E-state index contributed by atoms with van der Waals surface area (Å²) in [4.78, 5) is 0. The molecule has 0 saturated carbocycles. The molecular weight excluding hydrogens is 571 g/mol. The molecule has 0 spiro atoms. The topological polar surface area (TPSA) is 18.1 Å². The third-order valence-electron chi connectivity index (χ3n) is 10.4. The Morgan fingerprint density at radius 2 is 1.04 bits per heavy atom. The van der Waals surface area contributed by atoms with Gasteiger partial charge in [0.05, 0.1) is 11.0 Å². The number of nitrogens with zero attached hydrogens (tertiary/aromatic N) is 1. The first-order valence-corrected chi connectivity index (χ1v) is 16.3. The lowest BCUT2D eigenvalue weighted by atomic mass is 9.88. The third-order valence-corrected chi connectivity index (χ3v) is 10.4. The molecular formula is C45H27NO. The molecule has 0 radical (unpaired) electrons. The van der Waals surface area contributed by atoms with Gasteiger partial charge in [-0.1, -0.05) is 127 Å². The Bertz CT molecular complexity index is 2890. The van der Waals surface area contributed by atoms with Crippen molar-refractivity contribution in [2.24, 2.45) is 0 Å². The van der Waals surface area contributed by atoms with E-state index in [0.717, 1.165) is 22.4 Å². The summed E-state index contributed by atoms with van der Waals surface area (Å²) in [6.07, 6.45) is 0. The average molecular weight is 598 g/mol. The predicted octanol–water partition coefficient (Wildman–Crippen LogP) is 12.2. The van der Waals surface area contributed by atoms with Crippen LogP contribution in [-0.2, 0) is 0 Å². The minimum Gasteiger partial charge on any atom is -0.456 e. The Labute approximate surface area is 270 Å². The number of aromatic nitrogens is 1. The Morgan fingerprint density at radius 3 is 1.87 bits per heavy atom. The van der Waals surface area contributed by atoms with Crippen LogP contribution in [0, 0.1) is 0 Å². The minimum absolute atomic E-state index is 0.143. The summed E-state index contributed by atoms with van der Waals surface area (Å²) in [5.41, 5.74) is 11.9. The average Bonchev–Trinajstić information content (AvgIpc) is 3.60. The summed E-state index contributed by atoms with van der Waals surface area (Å²) >= 11 is 0. The lowest BCUT2D eigenvalue weighted by Gasteiger charge is -2.15. The van der Waals surface area contributed by atoms with Crippen molar-refractivity contribution >= 4 is 65.3 Å². The van der Waals surface area contributed by atoms with Crippen LogP contribution in [0.1, 0.15) is 22.6 Å². The third kappa shape index (κ3) is 3.29. The minimum atomic E-state index is 0.143. The van der Waals surface area contributed by atoms with E-state index in [2.05, 4.69) is 162 Å². The molecule has 0 N–H and O–H groups in total. The first-order valence-electron chi connectivity index (χ1n) is 16.3. The number of fused-ring (bicyclic) bond motifs is 9. The van der Waals surface area contributed by atoms with E-state index in [4.69, 9.17) is 4.42 Å². The lowest BCUT2D eigenvalue weighted by Crippen LogP contribution is -1.98. The second-order valence-corrected chi connectivity index (χ2v) is 12.8. The molecule has 0 saturated heterocycles. The highest BCUT2D eigenvalue weighted by molar-refractivity contribution is 6.32. The van der Waals surface area contributed by atoms with Gasteiger partial charge in [0.1, 0.15) is 11.2 Å². The largest absolute Gasteiger partial charge is 0.456 e. The van der Waals surface area contributed by atoms with Crippen LogP contribution in [-0.4, -0.2) is 4.57 Å². The molecule has 0 amide bonds. The van der Waals surface area contributed by atoms with Crippen molar-refractivity contribution in [3.63, 3.8) is 0 Å². The molecule has 1 atom stereocenters. The van der Waals surface area contributed by atoms with E-state index in [1.165, 1.54) is 76.4 Å². The highest BCUT2D eigenvalue weighted by Gasteiger charge is 2.32. The van der Waals surface area contributed by atoms with Crippen LogP contribution in [0.5, 0.6) is 0 Å². The van der Waals surface area contributed by atoms with E-state index in [0.29, 0.717) is 0 Å². The summed E-state index contributed by atoms with van der Waals surface area (Å²) in [5, 5.41) is 9.74. The maximum Gasteiger partial charge on any atom is 0.138 e. The maximum absolute atomic E-state index is 7.24. The molecule has 8 aromatic carbocycles. The molecule has 0 bridgehead atoms. The Morgan fingerprint density at radius 1 is 0.426 bits per heavy atom. The van der Waals surface area contributed by atoms with E-state index in [9.17, 15) is 0 Å². The normalized spacial score (nSPS) is 14.2. The molecule has 2 aromatic heterocycles. The highest BCUT2D eigenvalue weighted by atomic mass is 16.3.